The van der Waals surface area contributed by atoms with Crippen LogP contribution in [0.3, 0.4) is 0 Å². The third-order valence-electron chi connectivity index (χ3n) is 6.04. The zero-order valence-corrected chi connectivity index (χ0v) is 22.0. The van der Waals surface area contributed by atoms with Crippen LogP contribution in [0.15, 0.2) is 60.0 Å². The molecule has 2 heterocycles. The van der Waals surface area contributed by atoms with Crippen LogP contribution in [0.2, 0.25) is 5.02 Å². The molecule has 0 fully saturated rings. The van der Waals surface area contributed by atoms with Gasteiger partial charge in [-0.25, -0.2) is 9.18 Å². The normalized spacial score (nSPS) is 15.2. The maximum absolute atomic E-state index is 13.6. The number of ether oxygens (including phenoxy) is 1. The minimum Gasteiger partial charge on any atom is -0.491 e. The molecule has 0 aliphatic carbocycles. The lowest BCUT2D eigenvalue weighted by molar-refractivity contribution is -0.136. The van der Waals surface area contributed by atoms with E-state index in [2.05, 4.69) is 5.32 Å². The Balaban J connectivity index is 1.52. The van der Waals surface area contributed by atoms with E-state index in [-0.39, 0.29) is 36.9 Å². The topological polar surface area (TPSA) is 61.9 Å². The molecule has 0 spiro atoms. The summed E-state index contributed by atoms with van der Waals surface area (Å²) in [6.07, 6.45) is 0.736. The molecule has 1 aliphatic rings. The van der Waals surface area contributed by atoms with Gasteiger partial charge in [0.15, 0.2) is 0 Å². The minimum absolute atomic E-state index is 0.105. The molecule has 0 unspecified atom stereocenters. The molecule has 1 N–H and O–H groups in total. The number of carbonyl (C=O) groups is 2. The van der Waals surface area contributed by atoms with Crippen molar-refractivity contribution >= 4 is 40.6 Å². The highest BCUT2D eigenvalue weighted by Crippen LogP contribution is 2.34. The van der Waals surface area contributed by atoms with Crippen LogP contribution in [-0.4, -0.2) is 47.0 Å². The summed E-state index contributed by atoms with van der Waals surface area (Å²) in [5, 5.41) is 5.36. The zero-order valence-electron chi connectivity index (χ0n) is 20.5. The molecule has 6 nitrogen and oxygen atoms in total. The highest BCUT2D eigenvalue weighted by atomic mass is 35.5. The van der Waals surface area contributed by atoms with Crippen molar-refractivity contribution in [2.75, 3.05) is 25.0 Å². The van der Waals surface area contributed by atoms with Crippen molar-refractivity contribution in [3.8, 4) is 5.75 Å². The zero-order chi connectivity index (χ0) is 25.9. The number of halogens is 2. The van der Waals surface area contributed by atoms with Gasteiger partial charge in [-0.05, 0) is 74.5 Å². The number of carbonyl (C=O) groups excluding carboxylic acids is 2. The molecule has 9 heteroatoms. The monoisotopic (exact) mass is 529 g/mol. The van der Waals surface area contributed by atoms with E-state index in [0.29, 0.717) is 23.0 Å². The van der Waals surface area contributed by atoms with Crippen molar-refractivity contribution in [3.63, 3.8) is 0 Å². The lowest BCUT2D eigenvalue weighted by atomic mass is 10.00. The number of anilines is 1. The maximum Gasteiger partial charge on any atom is 0.322 e. The Morgan fingerprint density at radius 1 is 1.19 bits per heavy atom. The second kappa shape index (κ2) is 10.9. The Kier molecular flexibility index (Phi) is 7.85. The number of amides is 3. The standard InChI is InChI=1S/C27H29ClFN3O3S/c1-27(2,3)32(26(34)30-20-8-4-6-18(28)14-20)16-25(33)31-12-10-24-22(11-13-36-24)23(31)17-35-21-9-5-7-19(29)15-21/h4-9,11,13-15,23H,10,12,16-17H2,1-3H3,(H,30,34)/t23-/m0/s1. The van der Waals surface area contributed by atoms with E-state index in [1.54, 1.807) is 52.6 Å². The average molecular weight is 530 g/mol. The first-order valence-corrected chi connectivity index (χ1v) is 13.0. The Morgan fingerprint density at radius 3 is 2.69 bits per heavy atom. The number of urea groups is 1. The van der Waals surface area contributed by atoms with Gasteiger partial charge in [-0.15, -0.1) is 11.3 Å². The van der Waals surface area contributed by atoms with Gasteiger partial charge in [-0.1, -0.05) is 23.7 Å². The molecule has 4 rings (SSSR count). The lowest BCUT2D eigenvalue weighted by Gasteiger charge is -2.40. The number of nitrogens with zero attached hydrogens (tertiary/aromatic N) is 2. The molecule has 3 aromatic rings. The lowest BCUT2D eigenvalue weighted by Crippen LogP contribution is -2.54. The third-order valence-corrected chi connectivity index (χ3v) is 7.27. The number of nitrogens with one attached hydrogen (secondary N) is 1. The van der Waals surface area contributed by atoms with Gasteiger partial charge in [-0.2, -0.15) is 0 Å². The molecule has 0 radical (unpaired) electrons. The number of fused-ring (bicyclic) bond motifs is 1. The van der Waals surface area contributed by atoms with Crippen molar-refractivity contribution < 1.29 is 18.7 Å². The Labute approximate surface area is 219 Å². The molecule has 36 heavy (non-hydrogen) atoms. The summed E-state index contributed by atoms with van der Waals surface area (Å²) in [4.78, 5) is 31.3. The number of hydrogen-bond donors (Lipinski definition) is 1. The van der Waals surface area contributed by atoms with Crippen molar-refractivity contribution in [2.24, 2.45) is 0 Å². The van der Waals surface area contributed by atoms with Crippen LogP contribution in [-0.2, 0) is 11.2 Å². The fourth-order valence-corrected chi connectivity index (χ4v) is 5.32. The van der Waals surface area contributed by atoms with Gasteiger partial charge < -0.3 is 19.9 Å². The molecule has 0 saturated heterocycles. The summed E-state index contributed by atoms with van der Waals surface area (Å²) < 4.78 is 19.6. The largest absolute Gasteiger partial charge is 0.491 e. The van der Waals surface area contributed by atoms with Gasteiger partial charge in [0.1, 0.15) is 24.7 Å². The summed E-state index contributed by atoms with van der Waals surface area (Å²) in [6, 6.07) is 14.1. The van der Waals surface area contributed by atoms with Crippen molar-refractivity contribution in [1.82, 2.24) is 9.80 Å². The highest BCUT2D eigenvalue weighted by Gasteiger charge is 2.36. The highest BCUT2D eigenvalue weighted by molar-refractivity contribution is 7.10. The minimum atomic E-state index is -0.616. The first kappa shape index (κ1) is 26.0. The van der Waals surface area contributed by atoms with Crippen molar-refractivity contribution in [1.29, 1.82) is 0 Å². The van der Waals surface area contributed by atoms with E-state index in [9.17, 15) is 14.0 Å². The fourth-order valence-electron chi connectivity index (χ4n) is 4.20. The average Bonchev–Trinajstić information content (AvgIpc) is 3.29. The van der Waals surface area contributed by atoms with E-state index < -0.39 is 5.54 Å². The number of benzene rings is 2. The predicted molar refractivity (Wildman–Crippen MR) is 141 cm³/mol. The number of rotatable bonds is 6. The van der Waals surface area contributed by atoms with Gasteiger partial charge in [-0.3, -0.25) is 4.79 Å². The molecule has 190 valence electrons. The molecule has 0 saturated carbocycles. The first-order chi connectivity index (χ1) is 17.1. The van der Waals surface area contributed by atoms with E-state index in [1.807, 2.05) is 32.2 Å². The van der Waals surface area contributed by atoms with Crippen molar-refractivity contribution in [2.45, 2.75) is 38.8 Å². The number of thiophene rings is 1. The molecule has 0 bridgehead atoms. The van der Waals surface area contributed by atoms with E-state index in [4.69, 9.17) is 16.3 Å². The SMILES string of the molecule is CC(C)(C)N(CC(=O)N1CCc2sccc2[C@@H]1COc1cccc(F)c1)C(=O)Nc1cccc(Cl)c1. The molecule has 1 aromatic heterocycles. The van der Waals surface area contributed by atoms with Gasteiger partial charge >= 0.3 is 6.03 Å². The third kappa shape index (κ3) is 6.17. The summed E-state index contributed by atoms with van der Waals surface area (Å²) >= 11 is 7.71. The van der Waals surface area contributed by atoms with Crippen LogP contribution < -0.4 is 10.1 Å². The molecule has 2 aromatic carbocycles. The van der Waals surface area contributed by atoms with Gasteiger partial charge in [0.25, 0.3) is 0 Å². The number of hydrogen-bond acceptors (Lipinski definition) is 4. The molecule has 1 aliphatic heterocycles. The van der Waals surface area contributed by atoms with Crippen LogP contribution in [0.25, 0.3) is 0 Å². The van der Waals surface area contributed by atoms with Gasteiger partial charge in [0.05, 0.1) is 6.04 Å². The summed E-state index contributed by atoms with van der Waals surface area (Å²) in [5.41, 5.74) is 0.966. The summed E-state index contributed by atoms with van der Waals surface area (Å²) in [6.45, 7) is 6.24. The van der Waals surface area contributed by atoms with Crippen LogP contribution in [0.5, 0.6) is 5.75 Å². The van der Waals surface area contributed by atoms with E-state index in [0.717, 1.165) is 12.0 Å². The van der Waals surface area contributed by atoms with Crippen LogP contribution >= 0.6 is 22.9 Å². The quantitative estimate of drug-likeness (QED) is 0.403. The van der Waals surface area contributed by atoms with E-state index in [1.165, 1.54) is 21.9 Å². The fraction of sp³-hybridized carbons (Fsp3) is 0.333. The molecule has 1 atom stereocenters. The molecule has 3 amide bonds. The smallest absolute Gasteiger partial charge is 0.322 e. The van der Waals surface area contributed by atoms with Gasteiger partial charge in [0.2, 0.25) is 5.91 Å². The van der Waals surface area contributed by atoms with Crippen molar-refractivity contribution in [3.05, 3.63) is 81.3 Å². The predicted octanol–water partition coefficient (Wildman–Crippen LogP) is 6.38. The van der Waals surface area contributed by atoms with Crippen LogP contribution in [0.1, 0.15) is 37.3 Å². The molecular weight excluding hydrogens is 501 g/mol. The molecular formula is C27H29ClFN3O3S. The van der Waals surface area contributed by atoms with Gasteiger partial charge in [0, 0.05) is 33.7 Å². The van der Waals surface area contributed by atoms with Crippen LogP contribution in [0.4, 0.5) is 14.9 Å². The Morgan fingerprint density at radius 2 is 1.97 bits per heavy atom. The second-order valence-corrected chi connectivity index (χ2v) is 11.1. The maximum atomic E-state index is 13.6. The summed E-state index contributed by atoms with van der Waals surface area (Å²) in [7, 11) is 0. The summed E-state index contributed by atoms with van der Waals surface area (Å²) in [5.74, 6) is -0.162. The Bertz CT molecular complexity index is 1240. The van der Waals surface area contributed by atoms with Crippen LogP contribution in [0, 0.1) is 5.82 Å². The van der Waals surface area contributed by atoms with E-state index >= 15 is 0 Å². The Hall–Kier alpha value is -3.10. The first-order valence-electron chi connectivity index (χ1n) is 11.7. The second-order valence-electron chi connectivity index (χ2n) is 9.62.